The fourth-order valence-electron chi connectivity index (χ4n) is 3.56. The number of carbonyl (C=O) groups excluding carboxylic acids is 2. The van der Waals surface area contributed by atoms with Crippen LogP contribution in [0, 0.1) is 0 Å². The third-order valence-electron chi connectivity index (χ3n) is 5.33. The highest BCUT2D eigenvalue weighted by molar-refractivity contribution is 5.84. The molecule has 0 N–H and O–H groups in total. The SMILES string of the molecule is COc1cccc(CCN(CC(=O)N2CCN(c3ccccc3)CC2)C(C)=O)c1. The Morgan fingerprint density at radius 1 is 1.00 bits per heavy atom. The third kappa shape index (κ3) is 5.73. The van der Waals surface area contributed by atoms with Gasteiger partial charge in [0.05, 0.1) is 13.7 Å². The summed E-state index contributed by atoms with van der Waals surface area (Å²) >= 11 is 0. The van der Waals surface area contributed by atoms with Gasteiger partial charge in [-0.15, -0.1) is 0 Å². The molecule has 0 aliphatic carbocycles. The van der Waals surface area contributed by atoms with Crippen LogP contribution in [0.5, 0.6) is 5.75 Å². The van der Waals surface area contributed by atoms with Crippen molar-refractivity contribution in [2.24, 2.45) is 0 Å². The molecule has 0 unspecified atom stereocenters. The molecule has 2 amide bonds. The van der Waals surface area contributed by atoms with Gasteiger partial charge in [0.15, 0.2) is 0 Å². The Hall–Kier alpha value is -3.02. The van der Waals surface area contributed by atoms with E-state index in [1.54, 1.807) is 12.0 Å². The van der Waals surface area contributed by atoms with Crippen LogP contribution in [0.15, 0.2) is 54.6 Å². The summed E-state index contributed by atoms with van der Waals surface area (Å²) in [6, 6.07) is 18.0. The molecule has 2 aromatic carbocycles. The number of hydrogen-bond donors (Lipinski definition) is 0. The van der Waals surface area contributed by atoms with Crippen molar-refractivity contribution in [2.75, 3.05) is 51.3 Å². The molecule has 2 aromatic rings. The fourth-order valence-corrected chi connectivity index (χ4v) is 3.56. The molecule has 0 bridgehead atoms. The second-order valence-corrected chi connectivity index (χ2v) is 7.25. The lowest BCUT2D eigenvalue weighted by atomic mass is 10.1. The number of hydrogen-bond acceptors (Lipinski definition) is 4. The third-order valence-corrected chi connectivity index (χ3v) is 5.33. The van der Waals surface area contributed by atoms with Gasteiger partial charge >= 0.3 is 0 Å². The predicted octanol–water partition coefficient (Wildman–Crippen LogP) is 2.44. The Kier molecular flexibility index (Phi) is 7.11. The number of carbonyl (C=O) groups is 2. The zero-order chi connectivity index (χ0) is 20.6. The van der Waals surface area contributed by atoms with E-state index in [4.69, 9.17) is 4.74 Å². The molecule has 0 saturated carbocycles. The maximum absolute atomic E-state index is 12.8. The Morgan fingerprint density at radius 2 is 1.72 bits per heavy atom. The average molecular weight is 396 g/mol. The van der Waals surface area contributed by atoms with Crippen LogP contribution in [0.3, 0.4) is 0 Å². The van der Waals surface area contributed by atoms with Crippen LogP contribution < -0.4 is 9.64 Å². The van der Waals surface area contributed by atoms with Crippen molar-refractivity contribution in [3.63, 3.8) is 0 Å². The van der Waals surface area contributed by atoms with Gasteiger partial charge in [-0.05, 0) is 36.2 Å². The zero-order valence-electron chi connectivity index (χ0n) is 17.2. The quantitative estimate of drug-likeness (QED) is 0.723. The van der Waals surface area contributed by atoms with Crippen molar-refractivity contribution >= 4 is 17.5 Å². The number of nitrogens with zero attached hydrogens (tertiary/aromatic N) is 3. The normalized spacial score (nSPS) is 13.9. The lowest BCUT2D eigenvalue weighted by Crippen LogP contribution is -2.52. The Morgan fingerprint density at radius 3 is 2.38 bits per heavy atom. The molecule has 1 saturated heterocycles. The van der Waals surface area contributed by atoms with Crippen molar-refractivity contribution in [3.8, 4) is 5.75 Å². The first-order valence-corrected chi connectivity index (χ1v) is 10.0. The van der Waals surface area contributed by atoms with Crippen LogP contribution in [0.4, 0.5) is 5.69 Å². The van der Waals surface area contributed by atoms with Gasteiger partial charge in [0, 0.05) is 45.3 Å². The molecule has 1 aliphatic heterocycles. The highest BCUT2D eigenvalue weighted by Gasteiger charge is 2.23. The molecule has 6 heteroatoms. The number of ether oxygens (including phenoxy) is 1. The second kappa shape index (κ2) is 9.96. The standard InChI is InChI=1S/C23H29N3O3/c1-19(27)26(12-11-20-7-6-10-22(17-20)29-2)18-23(28)25-15-13-24(14-16-25)21-8-4-3-5-9-21/h3-10,17H,11-16,18H2,1-2H3. The van der Waals surface area contributed by atoms with E-state index in [9.17, 15) is 9.59 Å². The van der Waals surface area contributed by atoms with Crippen molar-refractivity contribution in [1.29, 1.82) is 0 Å². The number of rotatable bonds is 7. The van der Waals surface area contributed by atoms with Crippen LogP contribution >= 0.6 is 0 Å². The minimum Gasteiger partial charge on any atom is -0.497 e. The van der Waals surface area contributed by atoms with E-state index < -0.39 is 0 Å². The zero-order valence-corrected chi connectivity index (χ0v) is 17.2. The lowest BCUT2D eigenvalue weighted by Gasteiger charge is -2.37. The monoisotopic (exact) mass is 395 g/mol. The van der Waals surface area contributed by atoms with E-state index in [0.717, 1.165) is 24.4 Å². The maximum atomic E-state index is 12.8. The van der Waals surface area contributed by atoms with E-state index in [1.807, 2.05) is 47.4 Å². The maximum Gasteiger partial charge on any atom is 0.242 e. The predicted molar refractivity (Wildman–Crippen MR) is 114 cm³/mol. The summed E-state index contributed by atoms with van der Waals surface area (Å²) in [5, 5.41) is 0. The fraction of sp³-hybridized carbons (Fsp3) is 0.391. The van der Waals surface area contributed by atoms with Crippen LogP contribution in [0.1, 0.15) is 12.5 Å². The highest BCUT2D eigenvalue weighted by atomic mass is 16.5. The Bertz CT molecular complexity index is 817. The van der Waals surface area contributed by atoms with Gasteiger partial charge in [-0.2, -0.15) is 0 Å². The summed E-state index contributed by atoms with van der Waals surface area (Å²) < 4.78 is 5.25. The second-order valence-electron chi connectivity index (χ2n) is 7.25. The average Bonchev–Trinajstić information content (AvgIpc) is 2.77. The lowest BCUT2D eigenvalue weighted by molar-refractivity contribution is -0.139. The Labute approximate surface area is 172 Å². The van der Waals surface area contributed by atoms with E-state index >= 15 is 0 Å². The van der Waals surface area contributed by atoms with Crippen molar-refractivity contribution in [1.82, 2.24) is 9.80 Å². The first kappa shape index (κ1) is 20.7. The molecular weight excluding hydrogens is 366 g/mol. The smallest absolute Gasteiger partial charge is 0.242 e. The summed E-state index contributed by atoms with van der Waals surface area (Å²) in [5.74, 6) is 0.729. The number of para-hydroxylation sites is 1. The van der Waals surface area contributed by atoms with Crippen LogP contribution in [-0.2, 0) is 16.0 Å². The summed E-state index contributed by atoms with van der Waals surface area (Å²) in [5.41, 5.74) is 2.27. The van der Waals surface area contributed by atoms with Gasteiger partial charge in [-0.3, -0.25) is 9.59 Å². The molecule has 1 aliphatic rings. The van der Waals surface area contributed by atoms with E-state index in [1.165, 1.54) is 12.6 Å². The minimum absolute atomic E-state index is 0.0125. The van der Waals surface area contributed by atoms with E-state index in [0.29, 0.717) is 26.1 Å². The number of amides is 2. The van der Waals surface area contributed by atoms with E-state index in [2.05, 4.69) is 17.0 Å². The minimum atomic E-state index is -0.0795. The van der Waals surface area contributed by atoms with E-state index in [-0.39, 0.29) is 18.4 Å². The first-order chi connectivity index (χ1) is 14.1. The molecule has 1 heterocycles. The molecule has 0 spiro atoms. The summed E-state index contributed by atoms with van der Waals surface area (Å²) in [4.78, 5) is 30.6. The molecule has 0 aromatic heterocycles. The van der Waals surface area contributed by atoms with Gasteiger partial charge in [0.1, 0.15) is 5.75 Å². The number of piperazine rings is 1. The molecule has 1 fully saturated rings. The molecule has 0 radical (unpaired) electrons. The molecule has 154 valence electrons. The Balaban J connectivity index is 1.51. The number of anilines is 1. The largest absolute Gasteiger partial charge is 0.497 e. The van der Waals surface area contributed by atoms with Gasteiger partial charge in [-0.25, -0.2) is 0 Å². The van der Waals surface area contributed by atoms with Gasteiger partial charge in [-0.1, -0.05) is 30.3 Å². The van der Waals surface area contributed by atoms with Gasteiger partial charge < -0.3 is 19.4 Å². The molecule has 0 atom stereocenters. The van der Waals surface area contributed by atoms with Gasteiger partial charge in [0.25, 0.3) is 0 Å². The molecule has 6 nitrogen and oxygen atoms in total. The number of methoxy groups -OCH3 is 1. The van der Waals surface area contributed by atoms with Crippen molar-refractivity contribution in [3.05, 3.63) is 60.2 Å². The first-order valence-electron chi connectivity index (χ1n) is 10.0. The molecular formula is C23H29N3O3. The van der Waals surface area contributed by atoms with Crippen LogP contribution in [-0.4, -0.2) is 68.0 Å². The topological polar surface area (TPSA) is 53.1 Å². The highest BCUT2D eigenvalue weighted by Crippen LogP contribution is 2.16. The molecule has 29 heavy (non-hydrogen) atoms. The van der Waals surface area contributed by atoms with Gasteiger partial charge in [0.2, 0.25) is 11.8 Å². The molecule has 3 rings (SSSR count). The summed E-state index contributed by atoms with van der Waals surface area (Å²) in [7, 11) is 1.64. The van der Waals surface area contributed by atoms with Crippen molar-refractivity contribution < 1.29 is 14.3 Å². The number of benzene rings is 2. The summed E-state index contributed by atoms with van der Waals surface area (Å²) in [6.45, 7) is 5.12. The summed E-state index contributed by atoms with van der Waals surface area (Å²) in [6.07, 6.45) is 0.686. The van der Waals surface area contributed by atoms with Crippen molar-refractivity contribution in [2.45, 2.75) is 13.3 Å². The van der Waals surface area contributed by atoms with Crippen LogP contribution in [0.2, 0.25) is 0 Å². The van der Waals surface area contributed by atoms with Crippen LogP contribution in [0.25, 0.3) is 0 Å².